The number of hydrogen-bond acceptors (Lipinski definition) is 11. The van der Waals surface area contributed by atoms with E-state index in [-0.39, 0.29) is 6.04 Å². The van der Waals surface area contributed by atoms with Crippen LogP contribution in [0.2, 0.25) is 0 Å². The van der Waals surface area contributed by atoms with Gasteiger partial charge in [0.05, 0.1) is 31.6 Å². The molecule has 12 nitrogen and oxygen atoms in total. The lowest BCUT2D eigenvalue weighted by Gasteiger charge is -2.23. The minimum Gasteiger partial charge on any atom is -0.475 e. The Bertz CT molecular complexity index is 1280. The SMILES string of the molecule is COCCOCCOc1cc(Nc2cc(C)[nH]n2)nc(N2CCC[C@H]2c2cc(-c3ccccn3)no2)n1. The van der Waals surface area contributed by atoms with Crippen LogP contribution in [-0.2, 0) is 9.47 Å². The molecular weight excluding hydrogens is 476 g/mol. The molecule has 0 aliphatic carbocycles. The van der Waals surface area contributed by atoms with Gasteiger partial charge in [-0.1, -0.05) is 11.2 Å². The number of aryl methyl sites for hydroxylation is 1. The minimum absolute atomic E-state index is 0.0573. The third-order valence-corrected chi connectivity index (χ3v) is 5.86. The Morgan fingerprint density at radius 1 is 1.08 bits per heavy atom. The maximum atomic E-state index is 5.92. The number of anilines is 3. The van der Waals surface area contributed by atoms with Crippen molar-refractivity contribution in [1.29, 1.82) is 0 Å². The minimum atomic E-state index is -0.0573. The van der Waals surface area contributed by atoms with E-state index in [0.29, 0.717) is 55.6 Å². The highest BCUT2D eigenvalue weighted by Crippen LogP contribution is 2.37. The van der Waals surface area contributed by atoms with E-state index in [1.165, 1.54) is 0 Å². The average molecular weight is 507 g/mol. The summed E-state index contributed by atoms with van der Waals surface area (Å²) in [5.41, 5.74) is 2.41. The summed E-state index contributed by atoms with van der Waals surface area (Å²) in [5.74, 6) is 2.95. The summed E-state index contributed by atoms with van der Waals surface area (Å²) >= 11 is 0. The van der Waals surface area contributed by atoms with Gasteiger partial charge in [-0.2, -0.15) is 15.1 Å². The molecule has 0 amide bonds. The third-order valence-electron chi connectivity index (χ3n) is 5.86. The number of pyridine rings is 1. The molecule has 2 N–H and O–H groups in total. The normalized spacial score (nSPS) is 15.3. The van der Waals surface area contributed by atoms with Crippen molar-refractivity contribution in [2.45, 2.75) is 25.8 Å². The van der Waals surface area contributed by atoms with E-state index >= 15 is 0 Å². The zero-order valence-electron chi connectivity index (χ0n) is 20.9. The van der Waals surface area contributed by atoms with Crippen LogP contribution in [0.4, 0.5) is 17.6 Å². The van der Waals surface area contributed by atoms with Crippen molar-refractivity contribution < 1.29 is 18.7 Å². The summed E-state index contributed by atoms with van der Waals surface area (Å²) in [5, 5.41) is 14.7. The first-order valence-corrected chi connectivity index (χ1v) is 12.2. The first kappa shape index (κ1) is 24.7. The van der Waals surface area contributed by atoms with Gasteiger partial charge >= 0.3 is 0 Å². The van der Waals surface area contributed by atoms with Crippen LogP contribution < -0.4 is 15.0 Å². The number of nitrogens with one attached hydrogen (secondary N) is 2. The monoisotopic (exact) mass is 506 g/mol. The van der Waals surface area contributed by atoms with Gasteiger partial charge in [0.25, 0.3) is 0 Å². The van der Waals surface area contributed by atoms with Crippen LogP contribution in [-0.4, -0.2) is 70.4 Å². The highest BCUT2D eigenvalue weighted by molar-refractivity contribution is 5.57. The smallest absolute Gasteiger partial charge is 0.231 e. The Hall–Kier alpha value is -4.03. The molecular formula is C25H30N8O4. The van der Waals surface area contributed by atoms with Crippen LogP contribution in [0, 0.1) is 6.92 Å². The molecule has 1 fully saturated rings. The van der Waals surface area contributed by atoms with Crippen LogP contribution in [0.5, 0.6) is 5.88 Å². The molecule has 0 saturated carbocycles. The van der Waals surface area contributed by atoms with E-state index in [2.05, 4.69) is 30.6 Å². The average Bonchev–Trinajstić information content (AvgIpc) is 3.67. The predicted molar refractivity (Wildman–Crippen MR) is 136 cm³/mol. The van der Waals surface area contributed by atoms with E-state index in [1.54, 1.807) is 19.4 Å². The molecule has 194 valence electrons. The van der Waals surface area contributed by atoms with Crippen LogP contribution in [0.3, 0.4) is 0 Å². The standard InChI is InChI=1S/C25H30N8O4/c1-17-14-23(31-30-17)27-22-16-24(36-13-12-35-11-10-34-2)29-25(28-22)33-9-5-7-20(33)21-15-19(32-37-21)18-6-3-4-8-26-18/h3-4,6,8,14-16,20H,5,7,9-13H2,1-2H3,(H2,27,28,29,30,31)/t20-/m0/s1. The second kappa shape index (κ2) is 11.8. The quantitative estimate of drug-likeness (QED) is 0.272. The van der Waals surface area contributed by atoms with Gasteiger partial charge in [0.15, 0.2) is 11.6 Å². The molecule has 0 spiro atoms. The maximum Gasteiger partial charge on any atom is 0.231 e. The molecule has 5 heterocycles. The molecule has 1 aliphatic heterocycles. The zero-order valence-corrected chi connectivity index (χ0v) is 20.9. The Labute approximate surface area is 214 Å². The van der Waals surface area contributed by atoms with E-state index in [0.717, 1.165) is 36.5 Å². The van der Waals surface area contributed by atoms with Gasteiger partial charge in [-0.15, -0.1) is 0 Å². The summed E-state index contributed by atoms with van der Waals surface area (Å²) in [6.07, 6.45) is 3.59. The molecule has 5 rings (SSSR count). The van der Waals surface area contributed by atoms with Crippen LogP contribution in [0.15, 0.2) is 47.1 Å². The molecule has 0 unspecified atom stereocenters. The Morgan fingerprint density at radius 2 is 2.00 bits per heavy atom. The van der Waals surface area contributed by atoms with Gasteiger partial charge in [0, 0.05) is 43.7 Å². The number of aromatic amines is 1. The van der Waals surface area contributed by atoms with Gasteiger partial charge in [-0.05, 0) is 31.9 Å². The molecule has 0 bridgehead atoms. The molecule has 1 saturated heterocycles. The molecule has 1 aliphatic rings. The number of H-pyrrole nitrogens is 1. The van der Waals surface area contributed by atoms with E-state index in [9.17, 15) is 0 Å². The van der Waals surface area contributed by atoms with Crippen molar-refractivity contribution in [1.82, 2.24) is 30.3 Å². The van der Waals surface area contributed by atoms with Crippen LogP contribution >= 0.6 is 0 Å². The van der Waals surface area contributed by atoms with Crippen LogP contribution in [0.1, 0.15) is 30.3 Å². The lowest BCUT2D eigenvalue weighted by atomic mass is 10.1. The van der Waals surface area contributed by atoms with Crippen molar-refractivity contribution in [2.75, 3.05) is 50.3 Å². The van der Waals surface area contributed by atoms with Crippen molar-refractivity contribution in [2.24, 2.45) is 0 Å². The second-order valence-corrected chi connectivity index (χ2v) is 8.59. The highest BCUT2D eigenvalue weighted by atomic mass is 16.5. The van der Waals surface area contributed by atoms with Crippen LogP contribution in [0.25, 0.3) is 11.4 Å². The van der Waals surface area contributed by atoms with Gasteiger partial charge in [-0.25, -0.2) is 0 Å². The summed E-state index contributed by atoms with van der Waals surface area (Å²) in [6.45, 7) is 4.52. The topological polar surface area (TPSA) is 136 Å². The Kier molecular flexibility index (Phi) is 7.87. The van der Waals surface area contributed by atoms with E-state index in [4.69, 9.17) is 28.7 Å². The van der Waals surface area contributed by atoms with Gasteiger partial charge in [0.2, 0.25) is 11.8 Å². The maximum absolute atomic E-state index is 5.92. The van der Waals surface area contributed by atoms with Crippen molar-refractivity contribution in [3.8, 4) is 17.3 Å². The van der Waals surface area contributed by atoms with Gasteiger partial charge in [-0.3, -0.25) is 10.1 Å². The number of nitrogens with zero attached hydrogens (tertiary/aromatic N) is 6. The van der Waals surface area contributed by atoms with E-state index in [1.807, 2.05) is 37.3 Å². The fourth-order valence-electron chi connectivity index (χ4n) is 4.13. The number of aromatic nitrogens is 6. The fourth-order valence-corrected chi connectivity index (χ4v) is 4.13. The second-order valence-electron chi connectivity index (χ2n) is 8.59. The molecule has 0 aromatic carbocycles. The van der Waals surface area contributed by atoms with Crippen molar-refractivity contribution in [3.05, 3.63) is 54.0 Å². The molecule has 0 radical (unpaired) electrons. The Morgan fingerprint density at radius 3 is 2.81 bits per heavy atom. The number of methoxy groups -OCH3 is 1. The van der Waals surface area contributed by atoms with Gasteiger partial charge in [0.1, 0.15) is 18.1 Å². The zero-order chi connectivity index (χ0) is 25.5. The molecule has 4 aromatic rings. The van der Waals surface area contributed by atoms with Crippen molar-refractivity contribution >= 4 is 17.6 Å². The number of rotatable bonds is 12. The summed E-state index contributed by atoms with van der Waals surface area (Å²) in [6, 6.07) is 11.2. The van der Waals surface area contributed by atoms with Gasteiger partial charge < -0.3 is 29.0 Å². The predicted octanol–water partition coefficient (Wildman–Crippen LogP) is 3.69. The largest absolute Gasteiger partial charge is 0.475 e. The fraction of sp³-hybridized carbons (Fsp3) is 0.400. The lowest BCUT2D eigenvalue weighted by Crippen LogP contribution is -2.25. The lowest BCUT2D eigenvalue weighted by molar-refractivity contribution is 0.0537. The first-order valence-electron chi connectivity index (χ1n) is 12.2. The highest BCUT2D eigenvalue weighted by Gasteiger charge is 2.32. The third kappa shape index (κ3) is 6.22. The molecule has 37 heavy (non-hydrogen) atoms. The number of ether oxygens (including phenoxy) is 3. The van der Waals surface area contributed by atoms with Crippen molar-refractivity contribution in [3.63, 3.8) is 0 Å². The summed E-state index contributed by atoms with van der Waals surface area (Å²) < 4.78 is 22.2. The number of hydrogen-bond donors (Lipinski definition) is 2. The molecule has 12 heteroatoms. The van der Waals surface area contributed by atoms with E-state index < -0.39 is 0 Å². The Balaban J connectivity index is 1.36. The molecule has 4 aromatic heterocycles. The summed E-state index contributed by atoms with van der Waals surface area (Å²) in [4.78, 5) is 16.0. The first-order chi connectivity index (χ1) is 18.2. The summed E-state index contributed by atoms with van der Waals surface area (Å²) in [7, 11) is 1.64. The molecule has 1 atom stereocenters.